The normalized spacial score (nSPS) is 9.53. The minimum Gasteiger partial charge on any atom is -0.468 e. The molecule has 2 N–H and O–H groups in total. The van der Waals surface area contributed by atoms with Crippen LogP contribution in [-0.4, -0.2) is 41.6 Å². The molecule has 0 aliphatic heterocycles. The average molecular weight is 241 g/mol. The third-order valence-electron chi connectivity index (χ3n) is 1.87. The first-order valence-corrected chi connectivity index (χ1v) is 4.58. The second-order valence-corrected chi connectivity index (χ2v) is 2.86. The summed E-state index contributed by atoms with van der Waals surface area (Å²) in [6, 6.07) is 0. The fourth-order valence-corrected chi connectivity index (χ4v) is 1.09. The number of carbonyl (C=O) groups excluding carboxylic acids is 1. The Balaban J connectivity index is 2.98. The molecule has 0 unspecified atom stereocenters. The van der Waals surface area contributed by atoms with Gasteiger partial charge in [0.1, 0.15) is 12.9 Å². The van der Waals surface area contributed by atoms with Crippen LogP contribution in [0.5, 0.6) is 0 Å². The fourth-order valence-electron chi connectivity index (χ4n) is 1.09. The Morgan fingerprint density at radius 3 is 2.71 bits per heavy atom. The van der Waals surface area contributed by atoms with Crippen LogP contribution in [-0.2, 0) is 9.53 Å². The van der Waals surface area contributed by atoms with Gasteiger partial charge in [-0.1, -0.05) is 0 Å². The summed E-state index contributed by atoms with van der Waals surface area (Å²) in [5.41, 5.74) is -0.320. The van der Waals surface area contributed by atoms with Gasteiger partial charge in [0, 0.05) is 7.05 Å². The zero-order valence-electron chi connectivity index (χ0n) is 9.26. The van der Waals surface area contributed by atoms with Gasteiger partial charge in [-0.25, -0.2) is 9.97 Å². The van der Waals surface area contributed by atoms with E-state index in [9.17, 15) is 14.9 Å². The number of nitro groups is 1. The van der Waals surface area contributed by atoms with Gasteiger partial charge in [-0.05, 0) is 0 Å². The lowest BCUT2D eigenvalue weighted by atomic mass is 10.4. The Morgan fingerprint density at radius 1 is 1.53 bits per heavy atom. The topological polar surface area (TPSA) is 119 Å². The lowest BCUT2D eigenvalue weighted by Gasteiger charge is -2.06. The van der Waals surface area contributed by atoms with Crippen molar-refractivity contribution >= 4 is 23.3 Å². The molecule has 0 amide bonds. The van der Waals surface area contributed by atoms with Crippen LogP contribution in [0.15, 0.2) is 6.33 Å². The van der Waals surface area contributed by atoms with Crippen molar-refractivity contribution in [2.24, 2.45) is 0 Å². The number of esters is 1. The van der Waals surface area contributed by atoms with E-state index in [1.54, 1.807) is 0 Å². The van der Waals surface area contributed by atoms with Gasteiger partial charge in [-0.15, -0.1) is 0 Å². The van der Waals surface area contributed by atoms with Crippen LogP contribution in [0, 0.1) is 10.1 Å². The van der Waals surface area contributed by atoms with E-state index < -0.39 is 10.9 Å². The standard InChI is InChI=1S/C8H11N5O4/c1-9-7-6(13(15)16)8(12-4-11-7)10-3-5(14)17-2/h4H,3H2,1-2H3,(H2,9,10,11,12). The highest BCUT2D eigenvalue weighted by Gasteiger charge is 2.22. The smallest absolute Gasteiger partial charge is 0.353 e. The van der Waals surface area contributed by atoms with E-state index in [2.05, 4.69) is 25.3 Å². The molecule has 0 saturated carbocycles. The highest BCUT2D eigenvalue weighted by molar-refractivity contribution is 5.77. The first-order valence-electron chi connectivity index (χ1n) is 4.58. The molecule has 9 nitrogen and oxygen atoms in total. The zero-order chi connectivity index (χ0) is 12.8. The highest BCUT2D eigenvalue weighted by Crippen LogP contribution is 2.27. The molecule has 0 spiro atoms. The van der Waals surface area contributed by atoms with E-state index in [4.69, 9.17) is 0 Å². The van der Waals surface area contributed by atoms with Crippen LogP contribution in [0.2, 0.25) is 0 Å². The molecule has 0 atom stereocenters. The van der Waals surface area contributed by atoms with Crippen molar-refractivity contribution in [3.63, 3.8) is 0 Å². The maximum atomic E-state index is 10.9. The third-order valence-corrected chi connectivity index (χ3v) is 1.87. The lowest BCUT2D eigenvalue weighted by Crippen LogP contribution is -2.17. The van der Waals surface area contributed by atoms with E-state index in [1.165, 1.54) is 14.2 Å². The van der Waals surface area contributed by atoms with Crippen LogP contribution in [0.4, 0.5) is 17.3 Å². The Bertz CT molecular complexity index is 436. The molecule has 9 heteroatoms. The molecule has 0 radical (unpaired) electrons. The van der Waals surface area contributed by atoms with Crippen molar-refractivity contribution in [3.05, 3.63) is 16.4 Å². The quantitative estimate of drug-likeness (QED) is 0.420. The average Bonchev–Trinajstić information content (AvgIpc) is 2.34. The number of anilines is 2. The molecule has 92 valence electrons. The van der Waals surface area contributed by atoms with Gasteiger partial charge >= 0.3 is 11.7 Å². The molecule has 1 aromatic heterocycles. The van der Waals surface area contributed by atoms with Gasteiger partial charge < -0.3 is 15.4 Å². The van der Waals surface area contributed by atoms with Crippen LogP contribution in [0.3, 0.4) is 0 Å². The van der Waals surface area contributed by atoms with E-state index in [0.29, 0.717) is 0 Å². The maximum Gasteiger partial charge on any atom is 0.353 e. The number of nitrogens with zero attached hydrogens (tertiary/aromatic N) is 3. The van der Waals surface area contributed by atoms with Crippen molar-refractivity contribution in [3.8, 4) is 0 Å². The van der Waals surface area contributed by atoms with Gasteiger partial charge in [-0.3, -0.25) is 14.9 Å². The molecule has 0 aliphatic carbocycles. The molecule has 0 fully saturated rings. The first-order chi connectivity index (χ1) is 8.10. The van der Waals surface area contributed by atoms with Crippen molar-refractivity contribution in [2.75, 3.05) is 31.3 Å². The summed E-state index contributed by atoms with van der Waals surface area (Å²) in [7, 11) is 2.72. The molecular formula is C8H11N5O4. The summed E-state index contributed by atoms with van der Waals surface area (Å²) in [5, 5.41) is 15.9. The molecule has 1 heterocycles. The van der Waals surface area contributed by atoms with Crippen LogP contribution in [0.1, 0.15) is 0 Å². The Kier molecular flexibility index (Phi) is 4.14. The molecule has 0 saturated heterocycles. The fraction of sp³-hybridized carbons (Fsp3) is 0.375. The number of carbonyl (C=O) groups is 1. The second kappa shape index (κ2) is 5.58. The van der Waals surface area contributed by atoms with Gasteiger partial charge in [0.25, 0.3) is 0 Å². The van der Waals surface area contributed by atoms with E-state index in [1.807, 2.05) is 0 Å². The highest BCUT2D eigenvalue weighted by atomic mass is 16.6. The number of aromatic nitrogens is 2. The second-order valence-electron chi connectivity index (χ2n) is 2.86. The Morgan fingerprint density at radius 2 is 2.18 bits per heavy atom. The first kappa shape index (κ1) is 12.6. The third kappa shape index (κ3) is 3.00. The van der Waals surface area contributed by atoms with Gasteiger partial charge in [-0.2, -0.15) is 0 Å². The van der Waals surface area contributed by atoms with Crippen molar-refractivity contribution in [2.45, 2.75) is 0 Å². The molecular weight excluding hydrogens is 230 g/mol. The van der Waals surface area contributed by atoms with E-state index in [0.717, 1.165) is 6.33 Å². The minimum absolute atomic E-state index is 0.0419. The SMILES string of the molecule is CNc1ncnc(NCC(=O)OC)c1[N+](=O)[O-]. The largest absolute Gasteiger partial charge is 0.468 e. The number of hydrogen-bond acceptors (Lipinski definition) is 8. The summed E-state index contributed by atoms with van der Waals surface area (Å²) in [6.07, 6.45) is 1.15. The molecule has 0 aromatic carbocycles. The van der Waals surface area contributed by atoms with Crippen LogP contribution in [0.25, 0.3) is 0 Å². The molecule has 0 aliphatic rings. The predicted octanol–water partition coefficient (Wildman–Crippen LogP) is 0.0114. The summed E-state index contributed by atoms with van der Waals surface area (Å²) < 4.78 is 4.40. The van der Waals surface area contributed by atoms with Crippen molar-refractivity contribution < 1.29 is 14.5 Å². The summed E-state index contributed by atoms with van der Waals surface area (Å²) in [5.74, 6) is -0.527. The lowest BCUT2D eigenvalue weighted by molar-refractivity contribution is -0.383. The monoisotopic (exact) mass is 241 g/mol. The van der Waals surface area contributed by atoms with Gasteiger partial charge in [0.05, 0.1) is 12.0 Å². The van der Waals surface area contributed by atoms with Crippen LogP contribution < -0.4 is 10.6 Å². The molecule has 17 heavy (non-hydrogen) atoms. The number of rotatable bonds is 5. The zero-order valence-corrected chi connectivity index (χ0v) is 9.26. The Labute approximate surface area is 96.4 Å². The summed E-state index contributed by atoms with van der Waals surface area (Å²) in [6.45, 7) is -0.211. The van der Waals surface area contributed by atoms with Crippen molar-refractivity contribution in [1.29, 1.82) is 0 Å². The van der Waals surface area contributed by atoms with E-state index in [-0.39, 0.29) is 23.9 Å². The maximum absolute atomic E-state index is 10.9. The number of nitrogens with one attached hydrogen (secondary N) is 2. The number of ether oxygens (including phenoxy) is 1. The number of hydrogen-bond donors (Lipinski definition) is 2. The predicted molar refractivity (Wildman–Crippen MR) is 58.7 cm³/mol. The van der Waals surface area contributed by atoms with Crippen LogP contribution >= 0.6 is 0 Å². The van der Waals surface area contributed by atoms with Gasteiger partial charge in [0.15, 0.2) is 0 Å². The van der Waals surface area contributed by atoms with E-state index >= 15 is 0 Å². The number of methoxy groups -OCH3 is 1. The molecule has 1 aromatic rings. The molecule has 0 bridgehead atoms. The van der Waals surface area contributed by atoms with Gasteiger partial charge in [0.2, 0.25) is 11.6 Å². The summed E-state index contributed by atoms with van der Waals surface area (Å²) >= 11 is 0. The minimum atomic E-state index is -0.633. The van der Waals surface area contributed by atoms with Crippen molar-refractivity contribution in [1.82, 2.24) is 9.97 Å². The molecule has 1 rings (SSSR count). The Hall–Kier alpha value is -2.45. The summed E-state index contributed by atoms with van der Waals surface area (Å²) in [4.78, 5) is 28.5.